The maximum absolute atomic E-state index is 6.31. The Bertz CT molecular complexity index is 1680. The zero-order chi connectivity index (χ0) is 21.9. The Morgan fingerprint density at radius 2 is 1.21 bits per heavy atom. The molecule has 1 aliphatic rings. The van der Waals surface area contributed by atoms with Gasteiger partial charge in [-0.2, -0.15) is 0 Å². The molecule has 2 heterocycles. The predicted octanol–water partition coefficient (Wildman–Crippen LogP) is 8.54. The van der Waals surface area contributed by atoms with Crippen molar-refractivity contribution >= 4 is 60.2 Å². The van der Waals surface area contributed by atoms with E-state index < -0.39 is 0 Å². The van der Waals surface area contributed by atoms with Gasteiger partial charge in [-0.15, -0.1) is 11.3 Å². The van der Waals surface area contributed by atoms with Gasteiger partial charge in [0.05, 0.1) is 5.56 Å². The van der Waals surface area contributed by atoms with E-state index in [4.69, 9.17) is 11.6 Å². The lowest BCUT2D eigenvalue weighted by Gasteiger charge is -2.14. The van der Waals surface area contributed by atoms with Crippen molar-refractivity contribution in [1.82, 2.24) is 0 Å². The zero-order valence-electron chi connectivity index (χ0n) is 17.7. The number of hydrogen-bond donors (Lipinski definition) is 1. The van der Waals surface area contributed by atoms with E-state index >= 15 is 0 Å². The molecule has 1 aromatic heterocycles. The maximum Gasteiger partial charge on any atom is 0.149 e. The molecule has 0 saturated carbocycles. The number of halogens is 1. The fraction of sp³-hybridized carbons (Fsp3) is 0. The van der Waals surface area contributed by atoms with Crippen molar-refractivity contribution in [2.24, 2.45) is 0 Å². The van der Waals surface area contributed by atoms with Crippen molar-refractivity contribution in [3.63, 3.8) is 0 Å². The van der Waals surface area contributed by atoms with Crippen molar-refractivity contribution in [3.05, 3.63) is 114 Å². The van der Waals surface area contributed by atoms with Crippen LogP contribution in [0.25, 0.3) is 42.4 Å². The smallest absolute Gasteiger partial charge is 0.149 e. The van der Waals surface area contributed by atoms with Crippen molar-refractivity contribution in [2.75, 3.05) is 0 Å². The van der Waals surface area contributed by atoms with Gasteiger partial charge in [-0.1, -0.05) is 48.0 Å². The molecule has 6 aromatic rings. The monoisotopic (exact) mass is 460 g/mol. The Morgan fingerprint density at radius 3 is 2.09 bits per heavy atom. The molecule has 5 aromatic carbocycles. The van der Waals surface area contributed by atoms with Gasteiger partial charge >= 0.3 is 0 Å². The molecule has 1 atom stereocenters. The highest BCUT2D eigenvalue weighted by Crippen LogP contribution is 2.42. The number of hydrogen-bond acceptors (Lipinski definition) is 1. The van der Waals surface area contributed by atoms with Crippen LogP contribution in [0.2, 0.25) is 5.02 Å². The Kier molecular flexibility index (Phi) is 4.22. The molecule has 0 fully saturated rings. The molecule has 33 heavy (non-hydrogen) atoms. The van der Waals surface area contributed by atoms with Crippen LogP contribution in [0.3, 0.4) is 0 Å². The van der Waals surface area contributed by atoms with Crippen molar-refractivity contribution < 1.29 is 4.90 Å². The third-order valence-corrected chi connectivity index (χ3v) is 7.99. The van der Waals surface area contributed by atoms with E-state index in [1.54, 1.807) is 0 Å². The standard InChI is InChI=1S/C30H18ClNS/c31-21-12-15-30-26(18-21)25-17-20(11-14-29(25)33-30)19-10-13-28-24(16-19)23-8-4-5-9-27(23)32(28)22-6-2-1-3-7-22/h1-18H/p+1. The first kappa shape index (κ1) is 19.1. The molecule has 0 amide bonds. The van der Waals surface area contributed by atoms with Crippen LogP contribution in [0, 0.1) is 0 Å². The molecule has 0 radical (unpaired) electrons. The van der Waals surface area contributed by atoms with Gasteiger partial charge in [-0.05, 0) is 71.8 Å². The van der Waals surface area contributed by atoms with E-state index in [0.29, 0.717) is 0 Å². The molecule has 3 heteroatoms. The number of thiophene rings is 1. The van der Waals surface area contributed by atoms with Crippen molar-refractivity contribution in [3.8, 4) is 22.3 Å². The van der Waals surface area contributed by atoms with Gasteiger partial charge in [0.1, 0.15) is 17.1 Å². The van der Waals surface area contributed by atoms with Gasteiger partial charge in [0.2, 0.25) is 0 Å². The van der Waals surface area contributed by atoms with Crippen LogP contribution in [0.4, 0.5) is 17.1 Å². The van der Waals surface area contributed by atoms with Crippen LogP contribution in [0.15, 0.2) is 109 Å². The first-order chi connectivity index (χ1) is 16.3. The number of quaternary nitrogens is 1. The fourth-order valence-electron chi connectivity index (χ4n) is 5.09. The van der Waals surface area contributed by atoms with Crippen LogP contribution in [-0.2, 0) is 0 Å². The first-order valence-corrected chi connectivity index (χ1v) is 12.2. The molecular weight excluding hydrogens is 442 g/mol. The largest absolute Gasteiger partial charge is 0.237 e. The predicted molar refractivity (Wildman–Crippen MR) is 142 cm³/mol. The van der Waals surface area contributed by atoms with Gasteiger partial charge in [0.25, 0.3) is 0 Å². The van der Waals surface area contributed by atoms with Crippen LogP contribution >= 0.6 is 22.9 Å². The van der Waals surface area contributed by atoms with E-state index in [9.17, 15) is 0 Å². The molecule has 156 valence electrons. The highest BCUT2D eigenvalue weighted by molar-refractivity contribution is 7.25. The third-order valence-electron chi connectivity index (χ3n) is 6.60. The van der Waals surface area contributed by atoms with Crippen molar-refractivity contribution in [1.29, 1.82) is 0 Å². The van der Waals surface area contributed by atoms with Gasteiger partial charge in [0, 0.05) is 42.9 Å². The summed E-state index contributed by atoms with van der Waals surface area (Å²) in [5, 5.41) is 3.29. The van der Waals surface area contributed by atoms with E-state index in [0.717, 1.165) is 5.02 Å². The minimum atomic E-state index is 0.783. The lowest BCUT2D eigenvalue weighted by Crippen LogP contribution is -2.95. The molecule has 1 aliphatic heterocycles. The molecule has 0 aliphatic carbocycles. The average Bonchev–Trinajstić information content (AvgIpc) is 3.39. The van der Waals surface area contributed by atoms with E-state index in [-0.39, 0.29) is 0 Å². The Morgan fingerprint density at radius 1 is 0.545 bits per heavy atom. The minimum absolute atomic E-state index is 0.783. The molecule has 7 rings (SSSR count). The summed E-state index contributed by atoms with van der Waals surface area (Å²) in [6.45, 7) is 0. The quantitative estimate of drug-likeness (QED) is 0.263. The summed E-state index contributed by atoms with van der Waals surface area (Å²) in [5.74, 6) is 0. The summed E-state index contributed by atoms with van der Waals surface area (Å²) < 4.78 is 2.57. The molecule has 0 spiro atoms. The van der Waals surface area contributed by atoms with Crippen LogP contribution in [0.1, 0.15) is 0 Å². The van der Waals surface area contributed by atoms with E-state index in [2.05, 4.69) is 103 Å². The van der Waals surface area contributed by atoms with E-state index in [1.807, 2.05) is 17.4 Å². The van der Waals surface area contributed by atoms with Gasteiger partial charge in [-0.25, -0.2) is 4.90 Å². The van der Waals surface area contributed by atoms with Gasteiger partial charge < -0.3 is 0 Å². The molecule has 0 bridgehead atoms. The van der Waals surface area contributed by atoms with Crippen LogP contribution in [0.5, 0.6) is 0 Å². The van der Waals surface area contributed by atoms with E-state index in [1.165, 1.54) is 64.4 Å². The average molecular weight is 461 g/mol. The second-order valence-electron chi connectivity index (χ2n) is 8.50. The Balaban J connectivity index is 1.41. The number of benzene rings is 5. The second-order valence-corrected chi connectivity index (χ2v) is 10.0. The SMILES string of the molecule is Clc1ccc2sc3ccc(-c4ccc5c(c4)-c4ccccc4[NH+]5c4ccccc4)cc3c2c1. The fourth-order valence-corrected chi connectivity index (χ4v) is 6.33. The number of para-hydroxylation sites is 2. The lowest BCUT2D eigenvalue weighted by atomic mass is 9.98. The highest BCUT2D eigenvalue weighted by Gasteiger charge is 2.33. The summed E-state index contributed by atoms with van der Waals surface area (Å²) in [6.07, 6.45) is 0. The van der Waals surface area contributed by atoms with Crippen LogP contribution in [-0.4, -0.2) is 0 Å². The lowest BCUT2D eigenvalue weighted by molar-refractivity contribution is -0.677. The number of rotatable bonds is 2. The molecule has 1 nitrogen and oxygen atoms in total. The summed E-state index contributed by atoms with van der Waals surface area (Å²) in [7, 11) is 0. The topological polar surface area (TPSA) is 4.44 Å². The molecule has 0 saturated heterocycles. The zero-order valence-corrected chi connectivity index (χ0v) is 19.3. The summed E-state index contributed by atoms with van der Waals surface area (Å²) >= 11 is 8.13. The molecular formula is C30H19ClNS+. The Labute approximate surface area is 201 Å². The second kappa shape index (κ2) is 7.29. The molecule has 1 unspecified atom stereocenters. The van der Waals surface area contributed by atoms with Gasteiger partial charge in [0.15, 0.2) is 0 Å². The molecule has 1 N–H and O–H groups in total. The number of fused-ring (bicyclic) bond motifs is 6. The third kappa shape index (κ3) is 2.96. The first-order valence-electron chi connectivity index (χ1n) is 11.0. The Hall–Kier alpha value is -3.43. The van der Waals surface area contributed by atoms with Gasteiger partial charge in [-0.3, -0.25) is 0 Å². The minimum Gasteiger partial charge on any atom is -0.237 e. The highest BCUT2D eigenvalue weighted by atomic mass is 35.5. The van der Waals surface area contributed by atoms with Crippen molar-refractivity contribution in [2.45, 2.75) is 0 Å². The maximum atomic E-state index is 6.31. The summed E-state index contributed by atoms with van der Waals surface area (Å²) in [5.41, 5.74) is 8.96. The van der Waals surface area contributed by atoms with Crippen LogP contribution < -0.4 is 4.90 Å². The summed E-state index contributed by atoms with van der Waals surface area (Å²) in [6, 6.07) is 39.3. The number of nitrogens with one attached hydrogen (secondary N) is 1. The normalized spacial score (nSPS) is 14.5. The summed E-state index contributed by atoms with van der Waals surface area (Å²) in [4.78, 5) is 1.32.